The molecule has 2 N–H and O–H groups in total. The molecule has 2 aromatic carbocycles. The van der Waals surface area contributed by atoms with Crippen LogP contribution in [0.5, 0.6) is 5.75 Å². The fraction of sp³-hybridized carbons (Fsp3) is 0.174. The van der Waals surface area contributed by atoms with E-state index in [0.717, 1.165) is 23.8 Å². The van der Waals surface area contributed by atoms with Crippen LogP contribution in [-0.2, 0) is 4.79 Å². The van der Waals surface area contributed by atoms with Crippen molar-refractivity contribution in [2.24, 2.45) is 0 Å². The van der Waals surface area contributed by atoms with Crippen molar-refractivity contribution in [1.82, 2.24) is 10.3 Å². The topological polar surface area (TPSA) is 86.0 Å². The van der Waals surface area contributed by atoms with Crippen molar-refractivity contribution in [2.45, 2.75) is 25.8 Å². The van der Waals surface area contributed by atoms with E-state index in [1.807, 2.05) is 42.5 Å². The molecule has 1 amide bonds. The highest BCUT2D eigenvalue weighted by Gasteiger charge is 2.17. The van der Waals surface area contributed by atoms with Crippen LogP contribution < -0.4 is 5.32 Å². The van der Waals surface area contributed by atoms with Crippen molar-refractivity contribution in [3.63, 3.8) is 0 Å². The number of aromatic nitrogens is 1. The maximum absolute atomic E-state index is 12.7. The van der Waals surface area contributed by atoms with E-state index in [1.165, 1.54) is 6.08 Å². The van der Waals surface area contributed by atoms with Gasteiger partial charge in [0.25, 0.3) is 5.91 Å². The van der Waals surface area contributed by atoms with Gasteiger partial charge in [-0.3, -0.25) is 4.79 Å². The Kier molecular flexibility index (Phi) is 6.03. The third-order valence-corrected chi connectivity index (χ3v) is 4.46. The summed E-state index contributed by atoms with van der Waals surface area (Å²) in [5, 5.41) is 23.2. The Labute approximate surface area is 164 Å². The number of carbonyl (C=O) groups is 1. The van der Waals surface area contributed by atoms with Gasteiger partial charge in [-0.25, -0.2) is 4.98 Å². The molecule has 5 nitrogen and oxygen atoms in total. The van der Waals surface area contributed by atoms with E-state index in [2.05, 4.69) is 17.2 Å². The predicted octanol–water partition coefficient (Wildman–Crippen LogP) is 4.50. The highest BCUT2D eigenvalue weighted by atomic mass is 16.3. The summed E-state index contributed by atoms with van der Waals surface area (Å²) in [5.74, 6) is -0.383. The number of amides is 1. The molecule has 0 fully saturated rings. The molecule has 0 radical (unpaired) electrons. The van der Waals surface area contributed by atoms with Crippen LogP contribution in [-0.4, -0.2) is 16.0 Å². The normalized spacial score (nSPS) is 12.4. The van der Waals surface area contributed by atoms with Crippen molar-refractivity contribution in [3.05, 3.63) is 77.5 Å². The number of aromatic hydroxyl groups is 1. The SMILES string of the molecule is CCCC(NC(=O)/C(C#N)=C/c1ccc2cccc(O)c2n1)c1ccccc1. The van der Waals surface area contributed by atoms with Gasteiger partial charge in [-0.2, -0.15) is 5.26 Å². The molecule has 1 aromatic heterocycles. The molecule has 28 heavy (non-hydrogen) atoms. The fourth-order valence-electron chi connectivity index (χ4n) is 3.06. The van der Waals surface area contributed by atoms with Crippen LogP contribution in [0.3, 0.4) is 0 Å². The van der Waals surface area contributed by atoms with Crippen LogP contribution in [0, 0.1) is 11.3 Å². The second-order valence-corrected chi connectivity index (χ2v) is 6.48. The number of carbonyl (C=O) groups excluding carboxylic acids is 1. The molecule has 0 aliphatic heterocycles. The molecule has 0 bridgehead atoms. The van der Waals surface area contributed by atoms with Gasteiger partial charge in [0.15, 0.2) is 0 Å². The van der Waals surface area contributed by atoms with E-state index in [4.69, 9.17) is 0 Å². The number of phenolic OH excluding ortho intramolecular Hbond substituents is 1. The Morgan fingerprint density at radius 3 is 2.68 bits per heavy atom. The van der Waals surface area contributed by atoms with Crippen LogP contribution in [0.15, 0.2) is 66.2 Å². The molecule has 5 heteroatoms. The van der Waals surface area contributed by atoms with Crippen molar-refractivity contribution < 1.29 is 9.90 Å². The van der Waals surface area contributed by atoms with Crippen LogP contribution in [0.1, 0.15) is 37.1 Å². The smallest absolute Gasteiger partial charge is 0.262 e. The number of benzene rings is 2. The molecule has 140 valence electrons. The number of rotatable bonds is 6. The molecule has 0 aliphatic rings. The van der Waals surface area contributed by atoms with Crippen LogP contribution in [0.2, 0.25) is 0 Å². The van der Waals surface area contributed by atoms with Gasteiger partial charge in [-0.1, -0.05) is 61.9 Å². The summed E-state index contributed by atoms with van der Waals surface area (Å²) >= 11 is 0. The number of hydrogen-bond donors (Lipinski definition) is 2. The molecule has 0 saturated carbocycles. The Bertz CT molecular complexity index is 1050. The van der Waals surface area contributed by atoms with Crippen molar-refractivity contribution in [3.8, 4) is 11.8 Å². The molecule has 1 unspecified atom stereocenters. The molecular weight excluding hydrogens is 350 g/mol. The van der Waals surface area contributed by atoms with Crippen molar-refractivity contribution in [1.29, 1.82) is 5.26 Å². The molecule has 3 aromatic rings. The Balaban J connectivity index is 1.86. The zero-order valence-corrected chi connectivity index (χ0v) is 15.6. The van der Waals surface area contributed by atoms with Gasteiger partial charge in [0.05, 0.1) is 11.7 Å². The first-order chi connectivity index (χ1) is 13.6. The van der Waals surface area contributed by atoms with Crippen molar-refractivity contribution >= 4 is 22.9 Å². The molecule has 1 atom stereocenters. The van der Waals surface area contributed by atoms with E-state index in [-0.39, 0.29) is 17.4 Å². The fourth-order valence-corrected chi connectivity index (χ4v) is 3.06. The van der Waals surface area contributed by atoms with Crippen LogP contribution in [0.4, 0.5) is 0 Å². The van der Waals surface area contributed by atoms with Gasteiger partial charge >= 0.3 is 0 Å². The largest absolute Gasteiger partial charge is 0.506 e. The molecule has 3 rings (SSSR count). The maximum atomic E-state index is 12.7. The Hall–Kier alpha value is -3.65. The highest BCUT2D eigenvalue weighted by Crippen LogP contribution is 2.23. The number of nitrogens with zero attached hydrogens (tertiary/aromatic N) is 2. The lowest BCUT2D eigenvalue weighted by atomic mass is 10.0. The standard InChI is InChI=1S/C23H21N3O2/c1-2-7-20(16-8-4-3-5-9-16)26-23(28)18(15-24)14-19-13-12-17-10-6-11-21(27)22(17)25-19/h3-6,8-14,20,27H,2,7H2,1H3,(H,26,28)/b18-14+. The summed E-state index contributed by atoms with van der Waals surface area (Å²) in [5.41, 5.74) is 1.84. The number of hydrogen-bond acceptors (Lipinski definition) is 4. The van der Waals surface area contributed by atoms with Gasteiger partial charge in [0.2, 0.25) is 0 Å². The van der Waals surface area contributed by atoms with Gasteiger partial charge in [-0.15, -0.1) is 0 Å². The summed E-state index contributed by atoms with van der Waals surface area (Å²) in [6.07, 6.45) is 3.11. The van der Waals surface area contributed by atoms with Crippen LogP contribution >= 0.6 is 0 Å². The molecule has 0 spiro atoms. The number of nitriles is 1. The molecule has 0 saturated heterocycles. The van der Waals surface area contributed by atoms with E-state index >= 15 is 0 Å². The number of pyridine rings is 1. The Morgan fingerprint density at radius 2 is 1.96 bits per heavy atom. The summed E-state index contributed by atoms with van der Waals surface area (Å²) < 4.78 is 0. The second kappa shape index (κ2) is 8.83. The average molecular weight is 371 g/mol. The minimum atomic E-state index is -0.441. The molecule has 1 heterocycles. The lowest BCUT2D eigenvalue weighted by Crippen LogP contribution is -2.29. The molecule has 0 aliphatic carbocycles. The lowest BCUT2D eigenvalue weighted by Gasteiger charge is -2.18. The lowest BCUT2D eigenvalue weighted by molar-refractivity contribution is -0.117. The average Bonchev–Trinajstić information content (AvgIpc) is 2.72. The van der Waals surface area contributed by atoms with Crippen molar-refractivity contribution in [2.75, 3.05) is 0 Å². The monoisotopic (exact) mass is 371 g/mol. The van der Waals surface area contributed by atoms with Gasteiger partial charge < -0.3 is 10.4 Å². The molecular formula is C23H21N3O2. The third kappa shape index (κ3) is 4.36. The van der Waals surface area contributed by atoms with E-state index < -0.39 is 5.91 Å². The number of para-hydroxylation sites is 1. The predicted molar refractivity (Wildman–Crippen MR) is 109 cm³/mol. The summed E-state index contributed by atoms with van der Waals surface area (Å²) in [7, 11) is 0. The third-order valence-electron chi connectivity index (χ3n) is 4.46. The minimum Gasteiger partial charge on any atom is -0.506 e. The summed E-state index contributed by atoms with van der Waals surface area (Å²) in [6, 6.07) is 20.1. The van der Waals surface area contributed by atoms with E-state index in [1.54, 1.807) is 24.3 Å². The van der Waals surface area contributed by atoms with Crippen LogP contribution in [0.25, 0.3) is 17.0 Å². The van der Waals surface area contributed by atoms with E-state index in [9.17, 15) is 15.2 Å². The zero-order chi connectivity index (χ0) is 19.9. The summed E-state index contributed by atoms with van der Waals surface area (Å²) in [4.78, 5) is 17.0. The summed E-state index contributed by atoms with van der Waals surface area (Å²) in [6.45, 7) is 2.05. The van der Waals surface area contributed by atoms with Gasteiger partial charge in [0.1, 0.15) is 22.9 Å². The van der Waals surface area contributed by atoms with E-state index in [0.29, 0.717) is 11.2 Å². The Morgan fingerprint density at radius 1 is 1.18 bits per heavy atom. The van der Waals surface area contributed by atoms with Gasteiger partial charge in [-0.05, 0) is 30.2 Å². The maximum Gasteiger partial charge on any atom is 0.262 e. The number of phenols is 1. The first-order valence-corrected chi connectivity index (χ1v) is 9.18. The highest BCUT2D eigenvalue weighted by molar-refractivity contribution is 6.02. The quantitative estimate of drug-likeness (QED) is 0.493. The zero-order valence-electron chi connectivity index (χ0n) is 15.6. The minimum absolute atomic E-state index is 0.0284. The number of nitrogens with one attached hydrogen (secondary N) is 1. The number of fused-ring (bicyclic) bond motifs is 1. The van der Waals surface area contributed by atoms with Gasteiger partial charge in [0, 0.05) is 5.39 Å². The first-order valence-electron chi connectivity index (χ1n) is 9.18. The first kappa shape index (κ1) is 19.1. The second-order valence-electron chi connectivity index (χ2n) is 6.48.